The van der Waals surface area contributed by atoms with Gasteiger partial charge in [-0.15, -0.1) is 0 Å². The van der Waals surface area contributed by atoms with Crippen molar-refractivity contribution < 1.29 is 4.74 Å². The molecule has 0 N–H and O–H groups in total. The Morgan fingerprint density at radius 2 is 1.06 bits per heavy atom. The Bertz CT molecular complexity index is 1260. The lowest BCUT2D eigenvalue weighted by atomic mass is 10.1. The molecular formula is C30H21BrOS. The first-order valence-electron chi connectivity index (χ1n) is 10.7. The second-order valence-electron chi connectivity index (χ2n) is 7.61. The molecule has 0 fully saturated rings. The Morgan fingerprint density at radius 3 is 1.76 bits per heavy atom. The number of halogens is 1. The van der Waals surface area contributed by atoms with Gasteiger partial charge in [-0.1, -0.05) is 113 Å². The zero-order chi connectivity index (χ0) is 22.5. The Kier molecular flexibility index (Phi) is 6.61. The molecule has 0 spiro atoms. The van der Waals surface area contributed by atoms with Crippen LogP contribution in [0.4, 0.5) is 0 Å². The van der Waals surface area contributed by atoms with Crippen molar-refractivity contribution in [1.82, 2.24) is 0 Å². The van der Waals surface area contributed by atoms with Crippen LogP contribution in [0.25, 0.3) is 22.3 Å². The fraction of sp³-hybridized carbons (Fsp3) is 0. The largest absolute Gasteiger partial charge is 0.457 e. The summed E-state index contributed by atoms with van der Waals surface area (Å²) in [6, 6.07) is 43.8. The molecule has 5 aromatic rings. The minimum Gasteiger partial charge on any atom is -0.457 e. The summed E-state index contributed by atoms with van der Waals surface area (Å²) in [4.78, 5) is 2.30. The van der Waals surface area contributed by atoms with Crippen LogP contribution in [0.1, 0.15) is 0 Å². The van der Waals surface area contributed by atoms with E-state index < -0.39 is 0 Å². The number of rotatable bonds is 6. The summed E-state index contributed by atoms with van der Waals surface area (Å²) in [7, 11) is 0. The lowest BCUT2D eigenvalue weighted by molar-refractivity contribution is 0.481. The van der Waals surface area contributed by atoms with Crippen LogP contribution in [-0.2, 0) is 0 Å². The Hall–Kier alpha value is -3.27. The van der Waals surface area contributed by atoms with E-state index in [9.17, 15) is 0 Å². The van der Waals surface area contributed by atoms with Crippen LogP contribution in [0.2, 0.25) is 0 Å². The summed E-state index contributed by atoms with van der Waals surface area (Å²) in [5, 5.41) is 0. The van der Waals surface area contributed by atoms with Gasteiger partial charge in [-0.3, -0.25) is 0 Å². The lowest BCUT2D eigenvalue weighted by Crippen LogP contribution is -1.87. The smallest absolute Gasteiger partial charge is 0.129 e. The highest BCUT2D eigenvalue weighted by atomic mass is 79.9. The van der Waals surface area contributed by atoms with E-state index in [1.807, 2.05) is 42.5 Å². The molecule has 0 unspecified atom stereocenters. The van der Waals surface area contributed by atoms with Gasteiger partial charge < -0.3 is 4.74 Å². The molecule has 0 aliphatic rings. The molecule has 0 amide bonds. The van der Waals surface area contributed by atoms with Crippen molar-refractivity contribution in [3.63, 3.8) is 0 Å². The van der Waals surface area contributed by atoms with Crippen LogP contribution < -0.4 is 4.74 Å². The number of benzene rings is 5. The third kappa shape index (κ3) is 5.57. The molecule has 33 heavy (non-hydrogen) atoms. The average molecular weight is 509 g/mol. The normalized spacial score (nSPS) is 10.7. The maximum atomic E-state index is 6.25. The van der Waals surface area contributed by atoms with Crippen molar-refractivity contribution >= 4 is 27.7 Å². The maximum Gasteiger partial charge on any atom is 0.129 e. The molecule has 0 atom stereocenters. The van der Waals surface area contributed by atoms with Crippen molar-refractivity contribution in [2.45, 2.75) is 9.79 Å². The first-order chi connectivity index (χ1) is 16.2. The Balaban J connectivity index is 1.37. The van der Waals surface area contributed by atoms with E-state index in [1.165, 1.54) is 21.6 Å². The number of ether oxygens (including phenoxy) is 1. The van der Waals surface area contributed by atoms with Crippen molar-refractivity contribution in [2.24, 2.45) is 0 Å². The van der Waals surface area contributed by atoms with E-state index in [0.717, 1.165) is 26.4 Å². The van der Waals surface area contributed by atoms with Gasteiger partial charge in [0.1, 0.15) is 11.5 Å². The lowest BCUT2D eigenvalue weighted by Gasteiger charge is -2.11. The predicted octanol–water partition coefficient (Wildman–Crippen LogP) is 9.73. The number of hydrogen-bond donors (Lipinski definition) is 0. The van der Waals surface area contributed by atoms with Crippen LogP contribution in [-0.4, -0.2) is 0 Å². The molecule has 0 radical (unpaired) electrons. The summed E-state index contributed by atoms with van der Waals surface area (Å²) >= 11 is 5.37. The molecular weight excluding hydrogens is 488 g/mol. The van der Waals surface area contributed by atoms with Gasteiger partial charge in [0.25, 0.3) is 0 Å². The van der Waals surface area contributed by atoms with Gasteiger partial charge in [0.2, 0.25) is 0 Å². The average Bonchev–Trinajstić information content (AvgIpc) is 2.85. The fourth-order valence-corrected chi connectivity index (χ4v) is 5.26. The Morgan fingerprint density at radius 1 is 0.455 bits per heavy atom. The van der Waals surface area contributed by atoms with Gasteiger partial charge >= 0.3 is 0 Å². The zero-order valence-electron chi connectivity index (χ0n) is 17.8. The molecule has 5 aromatic carbocycles. The zero-order valence-corrected chi connectivity index (χ0v) is 20.2. The summed E-state index contributed by atoms with van der Waals surface area (Å²) in [5.41, 5.74) is 4.74. The highest BCUT2D eigenvalue weighted by molar-refractivity contribution is 9.10. The summed E-state index contributed by atoms with van der Waals surface area (Å²) in [6.45, 7) is 0. The van der Waals surface area contributed by atoms with Crippen LogP contribution in [0.3, 0.4) is 0 Å². The van der Waals surface area contributed by atoms with Gasteiger partial charge in [-0.25, -0.2) is 0 Å². The molecule has 0 saturated carbocycles. The molecule has 0 heterocycles. The van der Waals surface area contributed by atoms with E-state index in [1.54, 1.807) is 11.8 Å². The molecule has 1 nitrogen and oxygen atoms in total. The molecule has 0 saturated heterocycles. The van der Waals surface area contributed by atoms with E-state index in [2.05, 4.69) is 101 Å². The topological polar surface area (TPSA) is 9.23 Å². The molecule has 0 aliphatic heterocycles. The van der Waals surface area contributed by atoms with Crippen molar-refractivity contribution in [3.05, 3.63) is 132 Å². The van der Waals surface area contributed by atoms with Crippen LogP contribution in [0.5, 0.6) is 11.5 Å². The standard InChI is InChI=1S/C30H21BrOS/c31-26-19-28(32-27-15-7-13-24(17-27)22-9-3-1-4-10-22)21-30(20-26)33-29-16-8-14-25(18-29)23-11-5-2-6-12-23/h1-21H. The highest BCUT2D eigenvalue weighted by Crippen LogP contribution is 2.36. The molecule has 0 aliphatic carbocycles. The van der Waals surface area contributed by atoms with Gasteiger partial charge in [0.15, 0.2) is 0 Å². The molecule has 3 heteroatoms. The van der Waals surface area contributed by atoms with Crippen molar-refractivity contribution in [1.29, 1.82) is 0 Å². The van der Waals surface area contributed by atoms with Crippen LogP contribution in [0.15, 0.2) is 142 Å². The third-order valence-corrected chi connectivity index (χ3v) is 6.62. The minimum atomic E-state index is 0.802. The fourth-order valence-electron chi connectivity index (χ4n) is 3.67. The molecule has 0 aromatic heterocycles. The molecule has 5 rings (SSSR count). The van der Waals surface area contributed by atoms with Crippen molar-refractivity contribution in [3.8, 4) is 33.8 Å². The quantitative estimate of drug-likeness (QED) is 0.225. The summed E-state index contributed by atoms with van der Waals surface area (Å²) < 4.78 is 7.24. The second kappa shape index (κ2) is 10.1. The van der Waals surface area contributed by atoms with E-state index >= 15 is 0 Å². The van der Waals surface area contributed by atoms with Crippen LogP contribution >= 0.6 is 27.7 Å². The monoisotopic (exact) mass is 508 g/mol. The van der Waals surface area contributed by atoms with E-state index in [-0.39, 0.29) is 0 Å². The van der Waals surface area contributed by atoms with Gasteiger partial charge in [0.05, 0.1) is 0 Å². The minimum absolute atomic E-state index is 0.802. The summed E-state index contributed by atoms with van der Waals surface area (Å²) in [5.74, 6) is 1.62. The third-order valence-electron chi connectivity index (χ3n) is 5.20. The van der Waals surface area contributed by atoms with E-state index in [4.69, 9.17) is 4.74 Å². The molecule has 0 bridgehead atoms. The SMILES string of the molecule is Brc1cc(Oc2cccc(-c3ccccc3)c2)cc(Sc2cccc(-c3ccccc3)c2)c1. The maximum absolute atomic E-state index is 6.25. The van der Waals surface area contributed by atoms with Gasteiger partial charge in [-0.05, 0) is 64.7 Å². The van der Waals surface area contributed by atoms with Gasteiger partial charge in [0, 0.05) is 14.3 Å². The Labute approximate surface area is 207 Å². The van der Waals surface area contributed by atoms with E-state index in [0.29, 0.717) is 0 Å². The first-order valence-corrected chi connectivity index (χ1v) is 12.3. The second-order valence-corrected chi connectivity index (χ2v) is 9.68. The van der Waals surface area contributed by atoms with Crippen molar-refractivity contribution in [2.75, 3.05) is 0 Å². The summed E-state index contributed by atoms with van der Waals surface area (Å²) in [6.07, 6.45) is 0. The predicted molar refractivity (Wildman–Crippen MR) is 142 cm³/mol. The van der Waals surface area contributed by atoms with Crippen LogP contribution in [0, 0.1) is 0 Å². The first kappa shape index (κ1) is 21.6. The molecule has 160 valence electrons. The highest BCUT2D eigenvalue weighted by Gasteiger charge is 2.07. The van der Waals surface area contributed by atoms with Gasteiger partial charge in [-0.2, -0.15) is 0 Å². The number of hydrogen-bond acceptors (Lipinski definition) is 2.